The molecule has 2 N–H and O–H groups in total. The van der Waals surface area contributed by atoms with Gasteiger partial charge in [0.25, 0.3) is 0 Å². The number of primary amides is 1. The van der Waals surface area contributed by atoms with Crippen molar-refractivity contribution in [3.8, 4) is 17.4 Å². The Hall–Kier alpha value is -2.30. The first-order valence-corrected chi connectivity index (χ1v) is 8.18. The van der Waals surface area contributed by atoms with E-state index in [0.29, 0.717) is 22.9 Å². The molecule has 2 aromatic heterocycles. The molecule has 0 radical (unpaired) electrons. The lowest BCUT2D eigenvalue weighted by Crippen LogP contribution is -2.28. The van der Waals surface area contributed by atoms with Crippen LogP contribution in [0.5, 0.6) is 0 Å². The largest absolute Gasteiger partial charge is 0.464 e. The number of likely N-dealkylation sites (N-methyl/N-ethyl adjacent to an activating group) is 1. The molecule has 3 heterocycles. The fraction of sp³-hybridized carbons (Fsp3) is 0.312. The van der Waals surface area contributed by atoms with Crippen LogP contribution in [0.4, 0.5) is 0 Å². The Labute approximate surface area is 138 Å². The summed E-state index contributed by atoms with van der Waals surface area (Å²) in [6.45, 7) is 1.62. The molecular weight excluding hydrogens is 312 g/mol. The molecule has 0 unspecified atom stereocenters. The van der Waals surface area contributed by atoms with Crippen molar-refractivity contribution in [2.24, 2.45) is 5.73 Å². The number of nitrogens with zero attached hydrogens (tertiary/aromatic N) is 3. The second kappa shape index (κ2) is 6.44. The first-order valence-electron chi connectivity index (χ1n) is 7.19. The fourth-order valence-corrected chi connectivity index (χ4v) is 3.46. The number of carbonyl (C=O) groups excluding carboxylic acids is 1. The molecule has 1 aliphatic rings. The van der Waals surface area contributed by atoms with Crippen LogP contribution in [-0.2, 0) is 17.8 Å². The highest BCUT2D eigenvalue weighted by atomic mass is 32.2. The SMILES string of the molecule is CN1CCc2nc(SCC(N)=O)c(C#N)c(-c3ccco3)c2C1. The third kappa shape index (κ3) is 3.09. The van der Waals surface area contributed by atoms with E-state index in [0.717, 1.165) is 29.8 Å². The highest BCUT2D eigenvalue weighted by Crippen LogP contribution is 2.37. The summed E-state index contributed by atoms with van der Waals surface area (Å²) in [5.74, 6) is 0.312. The lowest BCUT2D eigenvalue weighted by atomic mass is 9.95. The maximum Gasteiger partial charge on any atom is 0.227 e. The van der Waals surface area contributed by atoms with Crippen LogP contribution in [0.1, 0.15) is 16.8 Å². The number of thioether (sulfide) groups is 1. The summed E-state index contributed by atoms with van der Waals surface area (Å²) in [7, 11) is 2.04. The lowest BCUT2D eigenvalue weighted by Gasteiger charge is -2.27. The summed E-state index contributed by atoms with van der Waals surface area (Å²) in [4.78, 5) is 17.9. The minimum Gasteiger partial charge on any atom is -0.464 e. The van der Waals surface area contributed by atoms with Crippen LogP contribution < -0.4 is 5.73 Å². The highest BCUT2D eigenvalue weighted by molar-refractivity contribution is 8.00. The average Bonchev–Trinajstić information content (AvgIpc) is 3.05. The molecular formula is C16H16N4O2S. The lowest BCUT2D eigenvalue weighted by molar-refractivity contribution is -0.115. The van der Waals surface area contributed by atoms with Gasteiger partial charge in [-0.1, -0.05) is 11.8 Å². The summed E-state index contributed by atoms with van der Waals surface area (Å²) in [5.41, 5.74) is 8.43. The molecule has 23 heavy (non-hydrogen) atoms. The van der Waals surface area contributed by atoms with Gasteiger partial charge in [0, 0.05) is 36.3 Å². The summed E-state index contributed by atoms with van der Waals surface area (Å²) in [6.07, 6.45) is 2.39. The van der Waals surface area contributed by atoms with Gasteiger partial charge in [-0.25, -0.2) is 4.98 Å². The number of hydrogen-bond acceptors (Lipinski definition) is 6. The molecule has 0 bridgehead atoms. The van der Waals surface area contributed by atoms with Crippen LogP contribution in [0.15, 0.2) is 27.8 Å². The summed E-state index contributed by atoms with van der Waals surface area (Å²) >= 11 is 1.20. The number of nitrogens with two attached hydrogens (primary N) is 1. The van der Waals surface area contributed by atoms with Crippen LogP contribution in [0.3, 0.4) is 0 Å². The minimum atomic E-state index is -0.433. The zero-order valence-corrected chi connectivity index (χ0v) is 13.5. The van der Waals surface area contributed by atoms with Gasteiger partial charge in [-0.3, -0.25) is 4.79 Å². The van der Waals surface area contributed by atoms with Gasteiger partial charge in [0.1, 0.15) is 16.9 Å². The second-order valence-electron chi connectivity index (χ2n) is 5.42. The third-order valence-corrected chi connectivity index (χ3v) is 4.74. The number of fused-ring (bicyclic) bond motifs is 1. The van der Waals surface area contributed by atoms with Crippen molar-refractivity contribution in [2.45, 2.75) is 18.0 Å². The molecule has 1 aliphatic heterocycles. The van der Waals surface area contributed by atoms with Gasteiger partial charge in [-0.05, 0) is 19.2 Å². The quantitative estimate of drug-likeness (QED) is 0.859. The van der Waals surface area contributed by atoms with Crippen molar-refractivity contribution in [1.29, 1.82) is 5.26 Å². The molecule has 6 nitrogen and oxygen atoms in total. The number of aromatic nitrogens is 1. The van der Waals surface area contributed by atoms with Gasteiger partial charge in [-0.15, -0.1) is 0 Å². The molecule has 0 fully saturated rings. The number of furan rings is 1. The van der Waals surface area contributed by atoms with E-state index in [2.05, 4.69) is 16.0 Å². The van der Waals surface area contributed by atoms with Crippen molar-refractivity contribution in [2.75, 3.05) is 19.3 Å². The zero-order chi connectivity index (χ0) is 16.4. The fourth-order valence-electron chi connectivity index (χ4n) is 2.71. The first kappa shape index (κ1) is 15.6. The van der Waals surface area contributed by atoms with Crippen LogP contribution in [0.25, 0.3) is 11.3 Å². The number of hydrogen-bond donors (Lipinski definition) is 1. The summed E-state index contributed by atoms with van der Waals surface area (Å²) in [6, 6.07) is 5.87. The van der Waals surface area contributed by atoms with Crippen LogP contribution >= 0.6 is 11.8 Å². The number of pyridine rings is 1. The summed E-state index contributed by atoms with van der Waals surface area (Å²) < 4.78 is 5.55. The van der Waals surface area contributed by atoms with E-state index < -0.39 is 5.91 Å². The molecule has 0 spiro atoms. The van der Waals surface area contributed by atoms with E-state index in [4.69, 9.17) is 10.2 Å². The normalized spacial score (nSPS) is 14.3. The van der Waals surface area contributed by atoms with Crippen LogP contribution in [0, 0.1) is 11.3 Å². The van der Waals surface area contributed by atoms with Gasteiger partial charge in [0.05, 0.1) is 17.6 Å². The molecule has 0 saturated carbocycles. The zero-order valence-electron chi connectivity index (χ0n) is 12.7. The van der Waals surface area contributed by atoms with E-state index in [9.17, 15) is 10.1 Å². The van der Waals surface area contributed by atoms with Gasteiger partial charge >= 0.3 is 0 Å². The van der Waals surface area contributed by atoms with Gasteiger partial charge in [0.2, 0.25) is 5.91 Å². The Kier molecular flexibility index (Phi) is 4.37. The van der Waals surface area contributed by atoms with E-state index in [1.165, 1.54) is 11.8 Å². The number of nitriles is 1. The maximum absolute atomic E-state index is 11.1. The monoisotopic (exact) mass is 328 g/mol. The van der Waals surface area contributed by atoms with Gasteiger partial charge < -0.3 is 15.1 Å². The summed E-state index contributed by atoms with van der Waals surface area (Å²) in [5, 5.41) is 10.2. The van der Waals surface area contributed by atoms with Gasteiger partial charge in [0.15, 0.2) is 0 Å². The van der Waals surface area contributed by atoms with E-state index in [1.54, 1.807) is 12.3 Å². The predicted molar refractivity (Wildman–Crippen MR) is 86.6 cm³/mol. The third-order valence-electron chi connectivity index (χ3n) is 3.74. The predicted octanol–water partition coefficient (Wildman–Crippen LogP) is 1.78. The minimum absolute atomic E-state index is 0.0952. The second-order valence-corrected chi connectivity index (χ2v) is 6.39. The molecule has 118 valence electrons. The molecule has 7 heteroatoms. The van der Waals surface area contributed by atoms with E-state index >= 15 is 0 Å². The molecule has 1 amide bonds. The molecule has 0 aliphatic carbocycles. The first-order chi connectivity index (χ1) is 11.1. The standard InChI is InChI=1S/C16H16N4O2S/c1-20-5-4-12-11(8-20)15(13-3-2-6-22-13)10(7-17)16(19-12)23-9-14(18)21/h2-3,6H,4-5,8-9H2,1H3,(H2,18,21). The van der Waals surface area contributed by atoms with E-state index in [-0.39, 0.29) is 5.75 Å². The Balaban J connectivity index is 2.19. The smallest absolute Gasteiger partial charge is 0.227 e. The Morgan fingerprint density at radius 1 is 1.61 bits per heavy atom. The van der Waals surface area contributed by atoms with Crippen molar-refractivity contribution < 1.29 is 9.21 Å². The number of amides is 1. The van der Waals surface area contributed by atoms with Crippen molar-refractivity contribution >= 4 is 17.7 Å². The molecule has 0 saturated heterocycles. The highest BCUT2D eigenvalue weighted by Gasteiger charge is 2.26. The topological polar surface area (TPSA) is 96.2 Å². The average molecular weight is 328 g/mol. The molecule has 3 rings (SSSR count). The van der Waals surface area contributed by atoms with Gasteiger partial charge in [-0.2, -0.15) is 5.26 Å². The number of carbonyl (C=O) groups is 1. The van der Waals surface area contributed by atoms with Crippen molar-refractivity contribution in [1.82, 2.24) is 9.88 Å². The molecule has 0 atom stereocenters. The Morgan fingerprint density at radius 3 is 3.09 bits per heavy atom. The Bertz CT molecular complexity index is 780. The maximum atomic E-state index is 11.1. The van der Waals surface area contributed by atoms with Crippen LogP contribution in [0.2, 0.25) is 0 Å². The molecule has 2 aromatic rings. The molecule has 0 aromatic carbocycles. The van der Waals surface area contributed by atoms with Crippen molar-refractivity contribution in [3.63, 3.8) is 0 Å². The van der Waals surface area contributed by atoms with Crippen molar-refractivity contribution in [3.05, 3.63) is 35.2 Å². The Morgan fingerprint density at radius 2 is 2.43 bits per heavy atom. The van der Waals surface area contributed by atoms with Crippen LogP contribution in [-0.4, -0.2) is 35.1 Å². The van der Waals surface area contributed by atoms with E-state index in [1.807, 2.05) is 13.1 Å². The number of rotatable bonds is 4.